The van der Waals surface area contributed by atoms with Crippen LogP contribution in [0.25, 0.3) is 0 Å². The normalized spacial score (nSPS) is 10.9. The van der Waals surface area contributed by atoms with Crippen LogP contribution in [-0.4, -0.2) is 33.6 Å². The molecule has 0 bridgehead atoms. The number of benzene rings is 1. The van der Waals surface area contributed by atoms with Crippen LogP contribution in [0.5, 0.6) is 17.2 Å². The molecule has 0 amide bonds. The lowest BCUT2D eigenvalue weighted by atomic mass is 10.2. The van der Waals surface area contributed by atoms with Crippen LogP contribution in [0.15, 0.2) is 12.1 Å². The summed E-state index contributed by atoms with van der Waals surface area (Å²) in [4.78, 5) is 11.2. The summed E-state index contributed by atoms with van der Waals surface area (Å²) in [5.74, 6) is 0.0945. The number of aromatic carboxylic acids is 1. The molecule has 1 aromatic carbocycles. The van der Waals surface area contributed by atoms with E-state index in [1.165, 1.54) is 20.3 Å². The quantitative estimate of drug-likeness (QED) is 0.833. The second kappa shape index (κ2) is 5.30. The summed E-state index contributed by atoms with van der Waals surface area (Å²) < 4.78 is 16.0. The molecular weight excluding hydrogens is 252 g/mol. The number of methoxy groups -OCH3 is 2. The molecule has 6 heteroatoms. The first-order valence-corrected chi connectivity index (χ1v) is 8.87. The molecule has 0 radical (unpaired) electrons. The maximum atomic E-state index is 11.2. The molecule has 0 atom stereocenters. The molecule has 0 aliphatic rings. The van der Waals surface area contributed by atoms with Gasteiger partial charge >= 0.3 is 5.97 Å². The summed E-state index contributed by atoms with van der Waals surface area (Å²) in [6.07, 6.45) is 0. The highest BCUT2D eigenvalue weighted by Gasteiger charge is 2.23. The predicted molar refractivity (Wildman–Crippen MR) is 70.5 cm³/mol. The van der Waals surface area contributed by atoms with E-state index in [1.807, 2.05) is 19.6 Å². The van der Waals surface area contributed by atoms with Gasteiger partial charge in [-0.2, -0.15) is 0 Å². The molecule has 100 valence electrons. The van der Waals surface area contributed by atoms with Gasteiger partial charge in [0.25, 0.3) is 0 Å². The van der Waals surface area contributed by atoms with Gasteiger partial charge in [-0.05, 0) is 19.6 Å². The van der Waals surface area contributed by atoms with Crippen molar-refractivity contribution in [1.29, 1.82) is 0 Å². The lowest BCUT2D eigenvalue weighted by Crippen LogP contribution is -2.30. The van der Waals surface area contributed by atoms with E-state index in [1.54, 1.807) is 6.07 Å². The van der Waals surface area contributed by atoms with Crippen LogP contribution in [-0.2, 0) is 0 Å². The van der Waals surface area contributed by atoms with Crippen LogP contribution < -0.4 is 13.9 Å². The van der Waals surface area contributed by atoms with E-state index in [4.69, 9.17) is 13.9 Å². The number of carboxylic acid groups (broad SMARTS) is 1. The maximum Gasteiger partial charge on any atom is 0.339 e. The lowest BCUT2D eigenvalue weighted by molar-refractivity contribution is 0.0694. The summed E-state index contributed by atoms with van der Waals surface area (Å²) in [6, 6.07) is 2.97. The van der Waals surface area contributed by atoms with Crippen molar-refractivity contribution in [2.24, 2.45) is 0 Å². The van der Waals surface area contributed by atoms with E-state index in [2.05, 4.69) is 0 Å². The number of carboxylic acids is 1. The third kappa shape index (κ3) is 3.40. The van der Waals surface area contributed by atoms with Crippen LogP contribution in [0, 0.1) is 0 Å². The van der Waals surface area contributed by atoms with Crippen molar-refractivity contribution in [2.45, 2.75) is 19.6 Å². The summed E-state index contributed by atoms with van der Waals surface area (Å²) in [7, 11) is 1.06. The molecule has 18 heavy (non-hydrogen) atoms. The van der Waals surface area contributed by atoms with Crippen molar-refractivity contribution in [2.75, 3.05) is 14.2 Å². The second-order valence-electron chi connectivity index (χ2n) is 4.72. The fourth-order valence-corrected chi connectivity index (χ4v) is 2.27. The number of ether oxygens (including phenoxy) is 2. The van der Waals surface area contributed by atoms with E-state index >= 15 is 0 Å². The number of hydrogen-bond acceptors (Lipinski definition) is 4. The van der Waals surface area contributed by atoms with E-state index in [-0.39, 0.29) is 5.56 Å². The molecule has 0 saturated carbocycles. The molecule has 1 aromatic rings. The van der Waals surface area contributed by atoms with Gasteiger partial charge in [0.1, 0.15) is 11.3 Å². The van der Waals surface area contributed by atoms with Crippen molar-refractivity contribution in [3.8, 4) is 17.2 Å². The van der Waals surface area contributed by atoms with Gasteiger partial charge in [0, 0.05) is 12.1 Å². The van der Waals surface area contributed by atoms with Gasteiger partial charge in [-0.25, -0.2) is 4.79 Å². The Balaban J connectivity index is 3.33. The first-order chi connectivity index (χ1) is 8.28. The highest BCUT2D eigenvalue weighted by Crippen LogP contribution is 2.35. The van der Waals surface area contributed by atoms with Crippen LogP contribution >= 0.6 is 0 Å². The Morgan fingerprint density at radius 2 is 1.56 bits per heavy atom. The fraction of sp³-hybridized carbons (Fsp3) is 0.417. The molecule has 0 spiro atoms. The van der Waals surface area contributed by atoms with Crippen molar-refractivity contribution in [3.05, 3.63) is 17.7 Å². The van der Waals surface area contributed by atoms with Gasteiger partial charge in [-0.15, -0.1) is 0 Å². The number of carbonyl (C=O) groups is 1. The monoisotopic (exact) mass is 270 g/mol. The highest BCUT2D eigenvalue weighted by atomic mass is 28.4. The molecule has 0 aromatic heterocycles. The fourth-order valence-electron chi connectivity index (χ4n) is 1.44. The van der Waals surface area contributed by atoms with Gasteiger partial charge in [0.2, 0.25) is 8.32 Å². The molecule has 1 N–H and O–H groups in total. The Labute approximate surface area is 107 Å². The number of rotatable bonds is 5. The maximum absolute atomic E-state index is 11.2. The zero-order valence-electron chi connectivity index (χ0n) is 11.2. The minimum atomic E-state index is -1.90. The van der Waals surface area contributed by atoms with E-state index in [0.717, 1.165) is 0 Å². The first-order valence-electron chi connectivity index (χ1n) is 5.47. The van der Waals surface area contributed by atoms with E-state index in [0.29, 0.717) is 17.2 Å². The Kier molecular flexibility index (Phi) is 4.23. The lowest BCUT2D eigenvalue weighted by Gasteiger charge is -2.21. The summed E-state index contributed by atoms with van der Waals surface area (Å²) in [5, 5.41) is 9.19. The molecular formula is C12H18O5Si. The van der Waals surface area contributed by atoms with Crippen molar-refractivity contribution < 1.29 is 23.8 Å². The molecule has 0 aliphatic carbocycles. The van der Waals surface area contributed by atoms with Crippen LogP contribution in [0.3, 0.4) is 0 Å². The zero-order valence-corrected chi connectivity index (χ0v) is 12.2. The Bertz CT molecular complexity index is 451. The van der Waals surface area contributed by atoms with Crippen LogP contribution in [0.4, 0.5) is 0 Å². The molecule has 0 aliphatic heterocycles. The highest BCUT2D eigenvalue weighted by molar-refractivity contribution is 6.70. The molecule has 1 rings (SSSR count). The molecule has 0 unspecified atom stereocenters. The number of hydrogen-bond donors (Lipinski definition) is 1. The predicted octanol–water partition coefficient (Wildman–Crippen LogP) is 2.62. The van der Waals surface area contributed by atoms with Gasteiger partial charge < -0.3 is 19.0 Å². The Morgan fingerprint density at radius 1 is 1.06 bits per heavy atom. The van der Waals surface area contributed by atoms with Gasteiger partial charge in [0.05, 0.1) is 14.2 Å². The standard InChI is InChI=1S/C12H18O5Si/c1-15-10-6-8(12(13)14)9(7-11(10)16-2)17-18(3,4)5/h6-7H,1-5H3,(H,13,14). The topological polar surface area (TPSA) is 65.0 Å². The molecule has 0 heterocycles. The third-order valence-corrected chi connectivity index (χ3v) is 2.96. The third-order valence-electron chi connectivity index (χ3n) is 2.13. The molecule has 5 nitrogen and oxygen atoms in total. The minimum absolute atomic E-state index is 0.0788. The van der Waals surface area contributed by atoms with Gasteiger partial charge in [0.15, 0.2) is 11.5 Å². The summed E-state index contributed by atoms with van der Waals surface area (Å²) in [6.45, 7) is 5.94. The Morgan fingerprint density at radius 3 is 1.94 bits per heavy atom. The van der Waals surface area contributed by atoms with Crippen molar-refractivity contribution in [3.63, 3.8) is 0 Å². The average molecular weight is 270 g/mol. The van der Waals surface area contributed by atoms with Crippen molar-refractivity contribution >= 4 is 14.3 Å². The van der Waals surface area contributed by atoms with E-state index < -0.39 is 14.3 Å². The molecule has 0 fully saturated rings. The summed E-state index contributed by atoms with van der Waals surface area (Å²) in [5.41, 5.74) is 0.0788. The second-order valence-corrected chi connectivity index (χ2v) is 9.15. The van der Waals surface area contributed by atoms with E-state index in [9.17, 15) is 9.90 Å². The zero-order chi connectivity index (χ0) is 13.9. The SMILES string of the molecule is COc1cc(O[Si](C)(C)C)c(C(=O)O)cc1OC. The van der Waals surface area contributed by atoms with Crippen LogP contribution in [0.1, 0.15) is 10.4 Å². The van der Waals surface area contributed by atoms with Crippen molar-refractivity contribution in [1.82, 2.24) is 0 Å². The smallest absolute Gasteiger partial charge is 0.339 e. The first kappa shape index (κ1) is 14.4. The average Bonchev–Trinajstić information content (AvgIpc) is 2.25. The Hall–Kier alpha value is -1.69. The van der Waals surface area contributed by atoms with Gasteiger partial charge in [-0.1, -0.05) is 0 Å². The minimum Gasteiger partial charge on any atom is -0.544 e. The molecule has 0 saturated heterocycles. The largest absolute Gasteiger partial charge is 0.544 e. The van der Waals surface area contributed by atoms with Crippen LogP contribution in [0.2, 0.25) is 19.6 Å². The summed E-state index contributed by atoms with van der Waals surface area (Å²) >= 11 is 0. The van der Waals surface area contributed by atoms with Gasteiger partial charge in [-0.3, -0.25) is 0 Å².